The quantitative estimate of drug-likeness (QED) is 0.555. The van der Waals surface area contributed by atoms with Gasteiger partial charge in [-0.25, -0.2) is 0 Å². The van der Waals surface area contributed by atoms with Crippen LogP contribution in [-0.2, 0) is 16.1 Å². The van der Waals surface area contributed by atoms with Gasteiger partial charge in [0.1, 0.15) is 0 Å². The van der Waals surface area contributed by atoms with Crippen molar-refractivity contribution in [3.8, 4) is 6.07 Å². The Balaban J connectivity index is 2.05. The Hall–Kier alpha value is -1.86. The van der Waals surface area contributed by atoms with E-state index >= 15 is 0 Å². The van der Waals surface area contributed by atoms with Crippen LogP contribution in [0.1, 0.15) is 43.7 Å². The molecule has 0 radical (unpaired) electrons. The molecule has 0 aliphatic heterocycles. The Labute approximate surface area is 120 Å². The molecule has 0 heterocycles. The number of esters is 1. The van der Waals surface area contributed by atoms with Gasteiger partial charge in [0.2, 0.25) is 0 Å². The maximum absolute atomic E-state index is 11.1. The van der Waals surface area contributed by atoms with E-state index in [-0.39, 0.29) is 5.97 Å². The van der Waals surface area contributed by atoms with Crippen molar-refractivity contribution in [3.63, 3.8) is 0 Å². The number of unbranched alkanes of at least 4 members (excludes halogenated alkanes) is 2. The number of carbonyl (C=O) groups excluding carboxylic acids is 1. The first-order valence-corrected chi connectivity index (χ1v) is 7.11. The maximum atomic E-state index is 11.1. The van der Waals surface area contributed by atoms with Gasteiger partial charge in [0.05, 0.1) is 18.2 Å². The molecule has 4 heteroatoms. The molecule has 4 nitrogen and oxygen atoms in total. The highest BCUT2D eigenvalue weighted by Crippen LogP contribution is 2.04. The third kappa shape index (κ3) is 6.91. The van der Waals surface area contributed by atoms with Crippen LogP contribution >= 0.6 is 0 Å². The topological polar surface area (TPSA) is 62.1 Å². The molecule has 0 bridgehead atoms. The zero-order valence-electron chi connectivity index (χ0n) is 12.0. The Morgan fingerprint density at radius 2 is 2.20 bits per heavy atom. The summed E-state index contributed by atoms with van der Waals surface area (Å²) in [7, 11) is 0. The molecular formula is C16H22N2O2. The molecule has 0 spiro atoms. The average Bonchev–Trinajstić information content (AvgIpc) is 2.47. The Kier molecular flexibility index (Phi) is 8.09. The molecule has 0 saturated heterocycles. The number of ether oxygens (including phenoxy) is 1. The molecule has 1 N–H and O–H groups in total. The van der Waals surface area contributed by atoms with Crippen LogP contribution in [0.15, 0.2) is 24.3 Å². The predicted molar refractivity (Wildman–Crippen MR) is 78.0 cm³/mol. The lowest BCUT2D eigenvalue weighted by atomic mass is 10.1. The molecule has 1 aromatic rings. The maximum Gasteiger partial charge on any atom is 0.305 e. The summed E-state index contributed by atoms with van der Waals surface area (Å²) >= 11 is 0. The summed E-state index contributed by atoms with van der Waals surface area (Å²) in [6, 6.07) is 9.74. The third-order valence-corrected chi connectivity index (χ3v) is 2.92. The standard InChI is InChI=1S/C16H22N2O2/c1-2-20-16(19)9-4-3-5-10-18-13-15-8-6-7-14(11-15)12-17/h6-8,11,18H,2-5,9-10,13H2,1H3. The highest BCUT2D eigenvalue weighted by molar-refractivity contribution is 5.69. The van der Waals surface area contributed by atoms with Gasteiger partial charge in [-0.3, -0.25) is 4.79 Å². The third-order valence-electron chi connectivity index (χ3n) is 2.92. The van der Waals surface area contributed by atoms with Gasteiger partial charge in [0.25, 0.3) is 0 Å². The van der Waals surface area contributed by atoms with Crippen LogP contribution in [0.5, 0.6) is 0 Å². The number of carbonyl (C=O) groups is 1. The number of hydrogen-bond donors (Lipinski definition) is 1. The Morgan fingerprint density at radius 1 is 1.35 bits per heavy atom. The number of nitriles is 1. The molecule has 1 rings (SSSR count). The van der Waals surface area contributed by atoms with Gasteiger partial charge in [0, 0.05) is 13.0 Å². The Bertz CT molecular complexity index is 452. The summed E-state index contributed by atoms with van der Waals surface area (Å²) in [5, 5.41) is 12.1. The minimum Gasteiger partial charge on any atom is -0.466 e. The molecule has 1 aromatic carbocycles. The van der Waals surface area contributed by atoms with Crippen LogP contribution in [0, 0.1) is 11.3 Å². The van der Waals surface area contributed by atoms with Crippen LogP contribution in [-0.4, -0.2) is 19.1 Å². The van der Waals surface area contributed by atoms with Gasteiger partial charge in [-0.05, 0) is 44.0 Å². The number of nitrogens with one attached hydrogen (secondary N) is 1. The van der Waals surface area contributed by atoms with Gasteiger partial charge in [-0.15, -0.1) is 0 Å². The van der Waals surface area contributed by atoms with Crippen molar-refractivity contribution in [1.29, 1.82) is 5.26 Å². The predicted octanol–water partition coefficient (Wildman–Crippen LogP) is 2.77. The lowest BCUT2D eigenvalue weighted by molar-refractivity contribution is -0.143. The second-order valence-electron chi connectivity index (χ2n) is 4.60. The van der Waals surface area contributed by atoms with E-state index in [0.717, 1.165) is 37.9 Å². The van der Waals surface area contributed by atoms with Crippen LogP contribution < -0.4 is 5.32 Å². The monoisotopic (exact) mass is 274 g/mol. The fraction of sp³-hybridized carbons (Fsp3) is 0.500. The van der Waals surface area contributed by atoms with Crippen molar-refractivity contribution in [2.45, 2.75) is 39.2 Å². The summed E-state index contributed by atoms with van der Waals surface area (Å²) in [6.07, 6.45) is 3.45. The molecule has 0 aromatic heterocycles. The first kappa shape index (κ1) is 16.2. The highest BCUT2D eigenvalue weighted by Gasteiger charge is 2.00. The normalized spacial score (nSPS) is 10.0. The minimum absolute atomic E-state index is 0.103. The zero-order chi connectivity index (χ0) is 14.6. The van der Waals surface area contributed by atoms with Crippen LogP contribution in [0.3, 0.4) is 0 Å². The van der Waals surface area contributed by atoms with Crippen LogP contribution in [0.25, 0.3) is 0 Å². The van der Waals surface area contributed by atoms with Gasteiger partial charge in [0.15, 0.2) is 0 Å². The van der Waals surface area contributed by atoms with Crippen molar-refractivity contribution in [2.75, 3.05) is 13.2 Å². The van der Waals surface area contributed by atoms with Gasteiger partial charge >= 0.3 is 5.97 Å². The molecule has 0 aliphatic rings. The molecule has 0 saturated carbocycles. The first-order chi connectivity index (χ1) is 9.76. The second-order valence-corrected chi connectivity index (χ2v) is 4.60. The molecule has 0 amide bonds. The van der Waals surface area contributed by atoms with Crippen molar-refractivity contribution in [2.24, 2.45) is 0 Å². The van der Waals surface area contributed by atoms with Crippen molar-refractivity contribution >= 4 is 5.97 Å². The molecule has 108 valence electrons. The fourth-order valence-corrected chi connectivity index (χ4v) is 1.91. The van der Waals surface area contributed by atoms with Gasteiger partial charge in [-0.1, -0.05) is 18.6 Å². The summed E-state index contributed by atoms with van der Waals surface area (Å²) in [5.74, 6) is -0.103. The van der Waals surface area contributed by atoms with E-state index in [0.29, 0.717) is 18.6 Å². The summed E-state index contributed by atoms with van der Waals surface area (Å²) in [4.78, 5) is 11.1. The van der Waals surface area contributed by atoms with Crippen LogP contribution in [0.4, 0.5) is 0 Å². The summed E-state index contributed by atoms with van der Waals surface area (Å²) in [6.45, 7) is 3.97. The van der Waals surface area contributed by atoms with E-state index in [2.05, 4.69) is 11.4 Å². The van der Waals surface area contributed by atoms with Gasteiger partial charge < -0.3 is 10.1 Å². The fourth-order valence-electron chi connectivity index (χ4n) is 1.91. The second kappa shape index (κ2) is 9.99. The minimum atomic E-state index is -0.103. The van der Waals surface area contributed by atoms with Crippen LogP contribution in [0.2, 0.25) is 0 Å². The van der Waals surface area contributed by atoms with Gasteiger partial charge in [-0.2, -0.15) is 5.26 Å². The van der Waals surface area contributed by atoms with E-state index in [4.69, 9.17) is 10.00 Å². The number of nitrogens with zero attached hydrogens (tertiary/aromatic N) is 1. The smallest absolute Gasteiger partial charge is 0.305 e. The molecule has 0 atom stereocenters. The molecular weight excluding hydrogens is 252 g/mol. The lowest BCUT2D eigenvalue weighted by Gasteiger charge is -2.05. The van der Waals surface area contributed by atoms with E-state index in [1.54, 1.807) is 6.07 Å². The molecule has 0 unspecified atom stereocenters. The summed E-state index contributed by atoms with van der Waals surface area (Å²) in [5.41, 5.74) is 1.81. The zero-order valence-corrected chi connectivity index (χ0v) is 12.0. The van der Waals surface area contributed by atoms with Crippen molar-refractivity contribution < 1.29 is 9.53 Å². The Morgan fingerprint density at radius 3 is 2.95 bits per heavy atom. The van der Waals surface area contributed by atoms with E-state index in [9.17, 15) is 4.79 Å². The lowest BCUT2D eigenvalue weighted by Crippen LogP contribution is -2.14. The SMILES string of the molecule is CCOC(=O)CCCCCNCc1cccc(C#N)c1. The average molecular weight is 274 g/mol. The molecule has 0 fully saturated rings. The van der Waals surface area contributed by atoms with Crippen molar-refractivity contribution in [1.82, 2.24) is 5.32 Å². The van der Waals surface area contributed by atoms with E-state index < -0.39 is 0 Å². The number of rotatable bonds is 9. The number of hydrogen-bond acceptors (Lipinski definition) is 4. The molecule has 20 heavy (non-hydrogen) atoms. The van der Waals surface area contributed by atoms with E-state index in [1.807, 2.05) is 25.1 Å². The van der Waals surface area contributed by atoms with E-state index in [1.165, 1.54) is 0 Å². The summed E-state index contributed by atoms with van der Waals surface area (Å²) < 4.78 is 4.87. The largest absolute Gasteiger partial charge is 0.466 e. The molecule has 0 aliphatic carbocycles. The van der Waals surface area contributed by atoms with Crippen molar-refractivity contribution in [3.05, 3.63) is 35.4 Å². The number of benzene rings is 1. The first-order valence-electron chi connectivity index (χ1n) is 7.11. The highest BCUT2D eigenvalue weighted by atomic mass is 16.5.